The van der Waals surface area contributed by atoms with Gasteiger partial charge in [-0.25, -0.2) is 4.39 Å². The molecule has 2 rings (SSSR count). The fourth-order valence-electron chi connectivity index (χ4n) is 2.01. The molecule has 2 aromatic carbocycles. The molecule has 0 amide bonds. The van der Waals surface area contributed by atoms with E-state index in [0.29, 0.717) is 12.8 Å². The largest absolute Gasteiger partial charge is 0.392 e. The van der Waals surface area contributed by atoms with E-state index in [1.807, 2.05) is 31.2 Å². The first-order chi connectivity index (χ1) is 9.04. The van der Waals surface area contributed by atoms with Gasteiger partial charge in [0.2, 0.25) is 0 Å². The normalized spacial score (nSPS) is 12.4. The van der Waals surface area contributed by atoms with Crippen LogP contribution in [0.5, 0.6) is 0 Å². The van der Waals surface area contributed by atoms with Crippen molar-refractivity contribution in [2.45, 2.75) is 25.9 Å². The number of hydrogen-bond acceptors (Lipinski definition) is 1. The fraction of sp³-hybridized carbons (Fsp3) is 0.250. The molecule has 19 heavy (non-hydrogen) atoms. The first-order valence-electron chi connectivity index (χ1n) is 6.22. The fourth-order valence-corrected chi connectivity index (χ4v) is 2.12. The SMILES string of the molecule is Cc1ccc(CC(O)Cc2ccc(Cl)c(F)c2)cc1. The lowest BCUT2D eigenvalue weighted by Gasteiger charge is -2.11. The van der Waals surface area contributed by atoms with Gasteiger partial charge in [0.1, 0.15) is 5.82 Å². The summed E-state index contributed by atoms with van der Waals surface area (Å²) in [5, 5.41) is 10.1. The van der Waals surface area contributed by atoms with Crippen LogP contribution in [0.1, 0.15) is 16.7 Å². The quantitative estimate of drug-likeness (QED) is 0.898. The van der Waals surface area contributed by atoms with Gasteiger partial charge in [-0.1, -0.05) is 47.5 Å². The second kappa shape index (κ2) is 6.18. The van der Waals surface area contributed by atoms with Crippen molar-refractivity contribution in [1.29, 1.82) is 0 Å². The molecule has 1 N–H and O–H groups in total. The van der Waals surface area contributed by atoms with Crippen LogP contribution in [0, 0.1) is 12.7 Å². The van der Waals surface area contributed by atoms with Gasteiger partial charge >= 0.3 is 0 Å². The van der Waals surface area contributed by atoms with Gasteiger partial charge < -0.3 is 5.11 Å². The van der Waals surface area contributed by atoms with Crippen LogP contribution >= 0.6 is 11.6 Å². The Balaban J connectivity index is 1.98. The summed E-state index contributed by atoms with van der Waals surface area (Å²) >= 11 is 5.62. The van der Waals surface area contributed by atoms with E-state index in [1.165, 1.54) is 17.7 Å². The van der Waals surface area contributed by atoms with Crippen molar-refractivity contribution >= 4 is 11.6 Å². The molecule has 1 unspecified atom stereocenters. The highest BCUT2D eigenvalue weighted by atomic mass is 35.5. The van der Waals surface area contributed by atoms with Gasteiger partial charge in [0.25, 0.3) is 0 Å². The molecule has 0 aliphatic rings. The lowest BCUT2D eigenvalue weighted by molar-refractivity contribution is 0.175. The molecule has 0 heterocycles. The van der Waals surface area contributed by atoms with E-state index < -0.39 is 11.9 Å². The predicted molar refractivity (Wildman–Crippen MR) is 76.0 cm³/mol. The molecule has 0 radical (unpaired) electrons. The molecule has 1 nitrogen and oxygen atoms in total. The van der Waals surface area contributed by atoms with Crippen molar-refractivity contribution < 1.29 is 9.50 Å². The van der Waals surface area contributed by atoms with Crippen LogP contribution in [0.2, 0.25) is 5.02 Å². The number of rotatable bonds is 4. The van der Waals surface area contributed by atoms with Crippen LogP contribution in [-0.4, -0.2) is 11.2 Å². The molecule has 0 bridgehead atoms. The number of hydrogen-bond donors (Lipinski definition) is 1. The minimum absolute atomic E-state index is 0.108. The standard InChI is InChI=1S/C16H16ClFO/c1-11-2-4-12(5-3-11)8-14(19)9-13-6-7-15(17)16(18)10-13/h2-7,10,14,19H,8-9H2,1H3. The minimum atomic E-state index is -0.525. The lowest BCUT2D eigenvalue weighted by atomic mass is 10.0. The van der Waals surface area contributed by atoms with Gasteiger partial charge in [-0.05, 0) is 43.0 Å². The van der Waals surface area contributed by atoms with Gasteiger partial charge in [-0.15, -0.1) is 0 Å². The molecule has 3 heteroatoms. The second-order valence-corrected chi connectivity index (χ2v) is 5.20. The van der Waals surface area contributed by atoms with Crippen LogP contribution in [0.3, 0.4) is 0 Å². The molecule has 0 spiro atoms. The van der Waals surface area contributed by atoms with Crippen molar-refractivity contribution in [3.8, 4) is 0 Å². The maximum Gasteiger partial charge on any atom is 0.142 e. The molecule has 1 atom stereocenters. The van der Waals surface area contributed by atoms with E-state index >= 15 is 0 Å². The van der Waals surface area contributed by atoms with Crippen molar-refractivity contribution in [1.82, 2.24) is 0 Å². The van der Waals surface area contributed by atoms with E-state index in [9.17, 15) is 9.50 Å². The van der Waals surface area contributed by atoms with Crippen LogP contribution in [0.15, 0.2) is 42.5 Å². The van der Waals surface area contributed by atoms with Gasteiger partial charge in [0.05, 0.1) is 11.1 Å². The number of aliphatic hydroxyl groups excluding tert-OH is 1. The Morgan fingerprint density at radius 1 is 1.05 bits per heavy atom. The van der Waals surface area contributed by atoms with Crippen LogP contribution < -0.4 is 0 Å². The molecule has 0 aliphatic carbocycles. The number of halogens is 2. The topological polar surface area (TPSA) is 20.2 Å². The predicted octanol–water partition coefficient (Wildman–Crippen LogP) is 3.93. The number of aryl methyl sites for hydroxylation is 1. The van der Waals surface area contributed by atoms with Crippen LogP contribution in [-0.2, 0) is 12.8 Å². The average Bonchev–Trinajstić information content (AvgIpc) is 2.37. The van der Waals surface area contributed by atoms with Crippen molar-refractivity contribution in [3.63, 3.8) is 0 Å². The second-order valence-electron chi connectivity index (χ2n) is 4.80. The maximum absolute atomic E-state index is 13.3. The third kappa shape index (κ3) is 4.05. The first kappa shape index (κ1) is 14.0. The van der Waals surface area contributed by atoms with Crippen LogP contribution in [0.25, 0.3) is 0 Å². The van der Waals surface area contributed by atoms with E-state index in [4.69, 9.17) is 11.6 Å². The van der Waals surface area contributed by atoms with Crippen molar-refractivity contribution in [3.05, 3.63) is 70.0 Å². The monoisotopic (exact) mass is 278 g/mol. The molecule has 0 saturated heterocycles. The summed E-state index contributed by atoms with van der Waals surface area (Å²) in [5.41, 5.74) is 3.02. The van der Waals surface area contributed by atoms with Gasteiger partial charge in [0, 0.05) is 0 Å². The Morgan fingerprint density at radius 2 is 1.63 bits per heavy atom. The lowest BCUT2D eigenvalue weighted by Crippen LogP contribution is -2.14. The van der Waals surface area contributed by atoms with Gasteiger partial charge in [-0.3, -0.25) is 0 Å². The Kier molecular flexibility index (Phi) is 4.56. The van der Waals surface area contributed by atoms with Gasteiger partial charge in [-0.2, -0.15) is 0 Å². The molecule has 0 aromatic heterocycles. The molecular weight excluding hydrogens is 263 g/mol. The molecule has 0 aliphatic heterocycles. The van der Waals surface area contributed by atoms with Gasteiger partial charge in [0.15, 0.2) is 0 Å². The first-order valence-corrected chi connectivity index (χ1v) is 6.60. The zero-order chi connectivity index (χ0) is 13.8. The van der Waals surface area contributed by atoms with Crippen molar-refractivity contribution in [2.24, 2.45) is 0 Å². The number of benzene rings is 2. The highest BCUT2D eigenvalue weighted by Gasteiger charge is 2.09. The molecule has 0 saturated carbocycles. The summed E-state index contributed by atoms with van der Waals surface area (Å²) in [4.78, 5) is 0. The highest BCUT2D eigenvalue weighted by Crippen LogP contribution is 2.17. The summed E-state index contributed by atoms with van der Waals surface area (Å²) in [5.74, 6) is -0.443. The van der Waals surface area contributed by atoms with E-state index in [0.717, 1.165) is 11.1 Å². The summed E-state index contributed by atoms with van der Waals surface area (Å²) in [6, 6.07) is 12.7. The maximum atomic E-state index is 13.3. The van der Waals surface area contributed by atoms with E-state index in [2.05, 4.69) is 0 Å². The molecule has 2 aromatic rings. The highest BCUT2D eigenvalue weighted by molar-refractivity contribution is 6.30. The summed E-state index contributed by atoms with van der Waals surface area (Å²) in [7, 11) is 0. The average molecular weight is 279 g/mol. The Bertz CT molecular complexity index is 551. The zero-order valence-corrected chi connectivity index (χ0v) is 11.5. The smallest absolute Gasteiger partial charge is 0.142 e. The summed E-state index contributed by atoms with van der Waals surface area (Å²) < 4.78 is 13.3. The third-order valence-corrected chi connectivity index (χ3v) is 3.35. The van der Waals surface area contributed by atoms with E-state index in [1.54, 1.807) is 6.07 Å². The molecule has 0 fully saturated rings. The van der Waals surface area contributed by atoms with E-state index in [-0.39, 0.29) is 5.02 Å². The number of aliphatic hydroxyl groups is 1. The molecular formula is C16H16ClFO. The summed E-state index contributed by atoms with van der Waals surface area (Å²) in [6.45, 7) is 2.02. The molecule has 100 valence electrons. The minimum Gasteiger partial charge on any atom is -0.392 e. The Hall–Kier alpha value is -1.38. The Labute approximate surface area is 117 Å². The van der Waals surface area contributed by atoms with Crippen LogP contribution in [0.4, 0.5) is 4.39 Å². The third-order valence-electron chi connectivity index (χ3n) is 3.05. The summed E-state index contributed by atoms with van der Waals surface area (Å²) in [6.07, 6.45) is 0.454. The van der Waals surface area contributed by atoms with Crippen molar-refractivity contribution in [2.75, 3.05) is 0 Å². The Morgan fingerprint density at radius 3 is 2.26 bits per heavy atom. The zero-order valence-electron chi connectivity index (χ0n) is 10.7.